The maximum absolute atomic E-state index is 11.9. The summed E-state index contributed by atoms with van der Waals surface area (Å²) in [5.41, 5.74) is 1.68. The second-order valence-electron chi connectivity index (χ2n) is 4.95. The van der Waals surface area contributed by atoms with Crippen LogP contribution in [-0.2, 0) is 0 Å². The minimum absolute atomic E-state index is 0.335. The van der Waals surface area contributed by atoms with E-state index in [1.807, 2.05) is 6.92 Å². The minimum Gasteiger partial charge on any atom is -0.495 e. The van der Waals surface area contributed by atoms with Gasteiger partial charge >= 0.3 is 6.03 Å². The summed E-state index contributed by atoms with van der Waals surface area (Å²) in [5.74, 6) is 1.56. The number of nitrogens with one attached hydrogen (secondary N) is 2. The van der Waals surface area contributed by atoms with Crippen LogP contribution in [0.25, 0.3) is 0 Å². The highest BCUT2D eigenvalue weighted by Gasteiger charge is 2.23. The van der Waals surface area contributed by atoms with Crippen LogP contribution in [0.3, 0.4) is 0 Å². The Hall–Kier alpha value is -1.88. The highest BCUT2D eigenvalue weighted by Crippen LogP contribution is 2.36. The zero-order valence-corrected chi connectivity index (χ0v) is 13.1. The SMILES string of the molecule is COc1cc(NC(=O)N/C=C(\C)C2CC2)c(OC)cc1Cl. The summed E-state index contributed by atoms with van der Waals surface area (Å²) < 4.78 is 10.3. The summed E-state index contributed by atoms with van der Waals surface area (Å²) in [7, 11) is 3.03. The molecule has 0 heterocycles. The molecule has 0 unspecified atom stereocenters. The lowest BCUT2D eigenvalue weighted by Crippen LogP contribution is -2.24. The number of hydrogen-bond donors (Lipinski definition) is 2. The molecule has 1 aliphatic carbocycles. The summed E-state index contributed by atoms with van der Waals surface area (Å²) in [5, 5.41) is 5.86. The molecule has 2 N–H and O–H groups in total. The van der Waals surface area contributed by atoms with E-state index in [-0.39, 0.29) is 6.03 Å². The van der Waals surface area contributed by atoms with Crippen LogP contribution >= 0.6 is 11.6 Å². The molecule has 0 saturated heterocycles. The molecule has 0 aliphatic heterocycles. The van der Waals surface area contributed by atoms with E-state index in [4.69, 9.17) is 21.1 Å². The predicted molar refractivity (Wildman–Crippen MR) is 83.2 cm³/mol. The lowest BCUT2D eigenvalue weighted by molar-refractivity contribution is 0.255. The first-order valence-corrected chi connectivity index (χ1v) is 7.08. The Morgan fingerprint density at radius 2 is 1.95 bits per heavy atom. The lowest BCUT2D eigenvalue weighted by Gasteiger charge is -2.13. The minimum atomic E-state index is -0.335. The first-order valence-electron chi connectivity index (χ1n) is 6.71. The highest BCUT2D eigenvalue weighted by atomic mass is 35.5. The van der Waals surface area contributed by atoms with Crippen LogP contribution < -0.4 is 20.1 Å². The average molecular weight is 311 g/mol. The summed E-state index contributed by atoms with van der Waals surface area (Å²) in [4.78, 5) is 11.9. The van der Waals surface area contributed by atoms with Gasteiger partial charge in [-0.05, 0) is 25.7 Å². The number of benzene rings is 1. The third-order valence-corrected chi connectivity index (χ3v) is 3.67. The smallest absolute Gasteiger partial charge is 0.323 e. The molecule has 1 fully saturated rings. The Labute approximate surface area is 129 Å². The van der Waals surface area contributed by atoms with Crippen molar-refractivity contribution in [2.45, 2.75) is 19.8 Å². The van der Waals surface area contributed by atoms with Crippen LogP contribution in [-0.4, -0.2) is 20.3 Å². The Morgan fingerprint density at radius 1 is 1.29 bits per heavy atom. The van der Waals surface area contributed by atoms with E-state index in [9.17, 15) is 4.79 Å². The fraction of sp³-hybridized carbons (Fsp3) is 0.400. The standard InChI is InChI=1S/C15H19ClN2O3/c1-9(10-4-5-10)8-17-15(19)18-12-7-13(20-2)11(16)6-14(12)21-3/h6-8,10H,4-5H2,1-3H3,(H2,17,18,19)/b9-8+. The average Bonchev–Trinajstić information content (AvgIpc) is 3.30. The lowest BCUT2D eigenvalue weighted by atomic mass is 10.2. The van der Waals surface area contributed by atoms with Crippen molar-refractivity contribution in [2.75, 3.05) is 19.5 Å². The molecule has 0 aromatic heterocycles. The Kier molecular flexibility index (Phi) is 4.96. The van der Waals surface area contributed by atoms with Gasteiger partial charge < -0.3 is 20.1 Å². The first kappa shape index (κ1) is 15.5. The molecule has 21 heavy (non-hydrogen) atoms. The van der Waals surface area contributed by atoms with E-state index < -0.39 is 0 Å². The van der Waals surface area contributed by atoms with E-state index in [0.29, 0.717) is 28.1 Å². The quantitative estimate of drug-likeness (QED) is 0.870. The molecule has 1 saturated carbocycles. The molecule has 1 aliphatic rings. The third kappa shape index (κ3) is 4.04. The molecular weight excluding hydrogens is 292 g/mol. The van der Waals surface area contributed by atoms with Gasteiger partial charge in [-0.1, -0.05) is 17.2 Å². The number of ether oxygens (including phenoxy) is 2. The van der Waals surface area contributed by atoms with Gasteiger partial charge in [0, 0.05) is 18.3 Å². The van der Waals surface area contributed by atoms with E-state index >= 15 is 0 Å². The fourth-order valence-electron chi connectivity index (χ4n) is 1.95. The highest BCUT2D eigenvalue weighted by molar-refractivity contribution is 6.32. The second kappa shape index (κ2) is 6.72. The van der Waals surface area contributed by atoms with Crippen molar-refractivity contribution < 1.29 is 14.3 Å². The summed E-state index contributed by atoms with van der Waals surface area (Å²) in [6.07, 6.45) is 4.15. The fourth-order valence-corrected chi connectivity index (χ4v) is 2.18. The van der Waals surface area contributed by atoms with Crippen LogP contribution in [0.5, 0.6) is 11.5 Å². The second-order valence-corrected chi connectivity index (χ2v) is 5.36. The monoisotopic (exact) mass is 310 g/mol. The normalized spacial score (nSPS) is 14.6. The van der Waals surface area contributed by atoms with Gasteiger partial charge in [0.25, 0.3) is 0 Å². The van der Waals surface area contributed by atoms with Crippen molar-refractivity contribution in [1.82, 2.24) is 5.32 Å². The van der Waals surface area contributed by atoms with Crippen LogP contribution in [0.4, 0.5) is 10.5 Å². The molecule has 6 heteroatoms. The maximum atomic E-state index is 11.9. The maximum Gasteiger partial charge on any atom is 0.323 e. The predicted octanol–water partition coefficient (Wildman–Crippen LogP) is 3.79. The van der Waals surface area contributed by atoms with Crippen molar-refractivity contribution in [3.63, 3.8) is 0 Å². The first-order chi connectivity index (χ1) is 10.0. The van der Waals surface area contributed by atoms with Gasteiger partial charge in [-0.3, -0.25) is 0 Å². The molecule has 0 radical (unpaired) electrons. The van der Waals surface area contributed by atoms with E-state index in [1.165, 1.54) is 32.6 Å². The van der Waals surface area contributed by atoms with Crippen molar-refractivity contribution in [2.24, 2.45) is 5.92 Å². The molecule has 0 bridgehead atoms. The topological polar surface area (TPSA) is 59.6 Å². The molecule has 2 amide bonds. The van der Waals surface area contributed by atoms with Crippen LogP contribution in [0, 0.1) is 5.92 Å². The van der Waals surface area contributed by atoms with Gasteiger partial charge in [-0.2, -0.15) is 0 Å². The molecule has 1 aromatic carbocycles. The van der Waals surface area contributed by atoms with E-state index in [2.05, 4.69) is 10.6 Å². The molecule has 1 aromatic rings. The Bertz CT molecular complexity index is 568. The number of methoxy groups -OCH3 is 2. The Balaban J connectivity index is 2.06. The van der Waals surface area contributed by atoms with Gasteiger partial charge in [0.05, 0.1) is 24.9 Å². The van der Waals surface area contributed by atoms with E-state index in [0.717, 1.165) is 0 Å². The van der Waals surface area contributed by atoms with Crippen molar-refractivity contribution in [1.29, 1.82) is 0 Å². The number of halogens is 1. The zero-order chi connectivity index (χ0) is 15.4. The zero-order valence-electron chi connectivity index (χ0n) is 12.3. The molecule has 0 spiro atoms. The van der Waals surface area contributed by atoms with Crippen molar-refractivity contribution in [3.05, 3.63) is 28.9 Å². The summed E-state index contributed by atoms with van der Waals surface area (Å²) >= 11 is 6.02. The molecule has 2 rings (SSSR count). The van der Waals surface area contributed by atoms with Gasteiger partial charge in [0.2, 0.25) is 0 Å². The van der Waals surface area contributed by atoms with Gasteiger partial charge in [-0.25, -0.2) is 4.79 Å². The van der Waals surface area contributed by atoms with Crippen molar-refractivity contribution in [3.8, 4) is 11.5 Å². The summed E-state index contributed by atoms with van der Waals surface area (Å²) in [6.45, 7) is 2.02. The number of rotatable bonds is 5. The van der Waals surface area contributed by atoms with Crippen LogP contribution in [0.15, 0.2) is 23.9 Å². The number of anilines is 1. The number of carbonyl (C=O) groups excluding carboxylic acids is 1. The summed E-state index contributed by atoms with van der Waals surface area (Å²) in [6, 6.07) is 2.89. The van der Waals surface area contributed by atoms with Crippen LogP contribution in [0.1, 0.15) is 19.8 Å². The number of hydrogen-bond acceptors (Lipinski definition) is 3. The molecule has 5 nitrogen and oxygen atoms in total. The van der Waals surface area contributed by atoms with Gasteiger partial charge in [0.15, 0.2) is 0 Å². The van der Waals surface area contributed by atoms with Crippen molar-refractivity contribution >= 4 is 23.3 Å². The van der Waals surface area contributed by atoms with Gasteiger partial charge in [-0.15, -0.1) is 0 Å². The molecule has 114 valence electrons. The number of allylic oxidation sites excluding steroid dienone is 1. The van der Waals surface area contributed by atoms with E-state index in [1.54, 1.807) is 18.3 Å². The largest absolute Gasteiger partial charge is 0.495 e. The number of carbonyl (C=O) groups is 1. The van der Waals surface area contributed by atoms with Crippen LogP contribution in [0.2, 0.25) is 5.02 Å². The molecule has 0 atom stereocenters. The van der Waals surface area contributed by atoms with Gasteiger partial charge in [0.1, 0.15) is 11.5 Å². The number of amides is 2. The molecular formula is C15H19ClN2O3. The number of urea groups is 1. The third-order valence-electron chi connectivity index (χ3n) is 3.37. The Morgan fingerprint density at radius 3 is 2.52 bits per heavy atom.